The minimum Gasteiger partial charge on any atom is -0.443 e. The van der Waals surface area contributed by atoms with Crippen LogP contribution in [0.4, 0.5) is 19.9 Å². The molecule has 0 radical (unpaired) electrons. The van der Waals surface area contributed by atoms with E-state index in [1.807, 2.05) is 45.0 Å². The summed E-state index contributed by atoms with van der Waals surface area (Å²) in [6.45, 7) is 12.1. The number of carbonyl (C=O) groups is 3. The van der Waals surface area contributed by atoms with Crippen LogP contribution in [0, 0.1) is 5.82 Å². The fourth-order valence-electron chi connectivity index (χ4n) is 5.86. The van der Waals surface area contributed by atoms with Crippen LogP contribution in [0.3, 0.4) is 0 Å². The lowest BCUT2D eigenvalue weighted by Crippen LogP contribution is -2.47. The zero-order valence-electron chi connectivity index (χ0n) is 27.4. The molecular formula is C34H36FN7O5. The molecule has 244 valence electrons. The fraction of sp³-hybridized carbons (Fsp3) is 0.382. The first-order valence-corrected chi connectivity index (χ1v) is 15.4. The lowest BCUT2D eigenvalue weighted by molar-refractivity contribution is 0.0527. The van der Waals surface area contributed by atoms with Gasteiger partial charge < -0.3 is 9.47 Å². The van der Waals surface area contributed by atoms with Gasteiger partial charge in [0.15, 0.2) is 17.3 Å². The van der Waals surface area contributed by atoms with E-state index < -0.39 is 35.2 Å². The molecule has 13 heteroatoms. The summed E-state index contributed by atoms with van der Waals surface area (Å²) in [6.07, 6.45) is 3.86. The third kappa shape index (κ3) is 6.17. The second-order valence-corrected chi connectivity index (χ2v) is 13.6. The summed E-state index contributed by atoms with van der Waals surface area (Å²) in [5.74, 6) is -0.804. The minimum atomic E-state index is -0.863. The van der Waals surface area contributed by atoms with Crippen molar-refractivity contribution in [3.8, 4) is 11.4 Å². The lowest BCUT2D eigenvalue weighted by atomic mass is 9.90. The number of ketones is 1. The number of nitrogens with zero attached hydrogens (tertiary/aromatic N) is 7. The van der Waals surface area contributed by atoms with Crippen LogP contribution in [-0.4, -0.2) is 64.3 Å². The van der Waals surface area contributed by atoms with Gasteiger partial charge in [-0.3, -0.25) is 9.78 Å². The number of carbonyl (C=O) groups excluding carboxylic acids is 3. The van der Waals surface area contributed by atoms with Crippen LogP contribution in [0.25, 0.3) is 27.9 Å². The zero-order valence-corrected chi connectivity index (χ0v) is 27.4. The highest BCUT2D eigenvalue weighted by Gasteiger charge is 2.38. The molecule has 0 bridgehead atoms. The maximum absolute atomic E-state index is 14.3. The number of amides is 1. The van der Waals surface area contributed by atoms with E-state index in [4.69, 9.17) is 14.5 Å². The van der Waals surface area contributed by atoms with Gasteiger partial charge in [-0.2, -0.15) is 14.6 Å². The molecule has 4 heterocycles. The van der Waals surface area contributed by atoms with Gasteiger partial charge in [-0.15, -0.1) is 0 Å². The Kier molecular flexibility index (Phi) is 7.81. The fourth-order valence-corrected chi connectivity index (χ4v) is 5.86. The number of anilines is 1. The van der Waals surface area contributed by atoms with Crippen molar-refractivity contribution in [1.82, 2.24) is 29.1 Å². The first kappa shape index (κ1) is 31.8. The summed E-state index contributed by atoms with van der Waals surface area (Å²) < 4.78 is 28.9. The van der Waals surface area contributed by atoms with Gasteiger partial charge in [0.1, 0.15) is 17.0 Å². The van der Waals surface area contributed by atoms with Gasteiger partial charge in [-0.1, -0.05) is 18.2 Å². The van der Waals surface area contributed by atoms with E-state index in [1.165, 1.54) is 34.8 Å². The van der Waals surface area contributed by atoms with Crippen molar-refractivity contribution in [2.24, 2.45) is 0 Å². The molecule has 12 nitrogen and oxygen atoms in total. The number of rotatable bonds is 4. The number of benzene rings is 1. The standard InChI is InChI=1S/C34H36FN7O5/c1-19(43)25-18-37-42-29(25)38-28(20-14-21(35)17-36-16-20)39-30(42)40(31(44)46-33(2,3)4)22-12-13-27-24(15-22)23-10-8-9-11-26(23)41(27)32(45)47-34(5,6)7/h8-11,14,16-18,22H,12-13,15H2,1-7H3/t22-/m1/s1. The molecule has 5 aromatic rings. The summed E-state index contributed by atoms with van der Waals surface area (Å²) in [5, 5.41) is 5.27. The molecule has 4 aromatic heterocycles. The van der Waals surface area contributed by atoms with Crippen molar-refractivity contribution in [1.29, 1.82) is 0 Å². The maximum Gasteiger partial charge on any atom is 0.419 e. The van der Waals surface area contributed by atoms with Gasteiger partial charge >= 0.3 is 12.2 Å². The van der Waals surface area contributed by atoms with E-state index in [-0.39, 0.29) is 34.3 Å². The molecular weight excluding hydrogens is 605 g/mol. The highest BCUT2D eigenvalue weighted by molar-refractivity contribution is 6.00. The Hall–Kier alpha value is -5.20. The molecule has 1 aliphatic carbocycles. The van der Waals surface area contributed by atoms with Gasteiger partial charge in [0.05, 0.1) is 23.5 Å². The molecule has 1 atom stereocenters. The Morgan fingerprint density at radius 2 is 1.70 bits per heavy atom. The van der Waals surface area contributed by atoms with E-state index in [2.05, 4.69) is 15.1 Å². The van der Waals surface area contributed by atoms with Gasteiger partial charge in [-0.05, 0) is 85.4 Å². The van der Waals surface area contributed by atoms with Crippen LogP contribution in [0.5, 0.6) is 0 Å². The molecule has 1 amide bonds. The van der Waals surface area contributed by atoms with E-state index in [1.54, 1.807) is 25.3 Å². The summed E-state index contributed by atoms with van der Waals surface area (Å²) in [7, 11) is 0. The van der Waals surface area contributed by atoms with Crippen LogP contribution in [0.15, 0.2) is 48.9 Å². The number of hydrogen-bond acceptors (Lipinski definition) is 9. The summed E-state index contributed by atoms with van der Waals surface area (Å²) >= 11 is 0. The second-order valence-electron chi connectivity index (χ2n) is 13.6. The van der Waals surface area contributed by atoms with Crippen molar-refractivity contribution in [3.05, 3.63) is 71.6 Å². The monoisotopic (exact) mass is 641 g/mol. The maximum atomic E-state index is 14.3. The van der Waals surface area contributed by atoms with Crippen LogP contribution in [-0.2, 0) is 22.3 Å². The number of fused-ring (bicyclic) bond motifs is 4. The Bertz CT molecular complexity index is 2050. The Morgan fingerprint density at radius 3 is 2.38 bits per heavy atom. The Morgan fingerprint density at radius 1 is 0.979 bits per heavy atom. The summed E-state index contributed by atoms with van der Waals surface area (Å²) in [4.78, 5) is 54.9. The third-order valence-electron chi connectivity index (χ3n) is 7.68. The molecule has 0 spiro atoms. The number of para-hydroxylation sites is 1. The molecule has 0 aliphatic heterocycles. The third-order valence-corrected chi connectivity index (χ3v) is 7.68. The molecule has 0 saturated heterocycles. The van der Waals surface area contributed by atoms with Gasteiger partial charge in [-0.25, -0.2) is 28.4 Å². The van der Waals surface area contributed by atoms with Crippen LogP contribution < -0.4 is 4.90 Å². The van der Waals surface area contributed by atoms with E-state index in [9.17, 15) is 18.8 Å². The molecule has 0 saturated carbocycles. The summed E-state index contributed by atoms with van der Waals surface area (Å²) in [6, 6.07) is 8.29. The highest BCUT2D eigenvalue weighted by Crippen LogP contribution is 2.36. The first-order valence-electron chi connectivity index (χ1n) is 15.4. The Labute approximate surface area is 270 Å². The number of ether oxygens (including phenoxy) is 2. The number of halogens is 1. The van der Waals surface area contributed by atoms with E-state index in [0.717, 1.165) is 22.8 Å². The average molecular weight is 642 g/mol. The van der Waals surface area contributed by atoms with Crippen LogP contribution >= 0.6 is 0 Å². The SMILES string of the molecule is CC(=O)c1cnn2c(N(C(=O)OC(C)(C)C)[C@@H]3CCc4c(c5ccccc5n4C(=O)OC(C)(C)C)C3)nc(-c3cncc(F)c3)nc12. The molecule has 47 heavy (non-hydrogen) atoms. The van der Waals surface area contributed by atoms with Crippen molar-refractivity contribution in [2.75, 3.05) is 4.90 Å². The number of aromatic nitrogens is 6. The minimum absolute atomic E-state index is 0.0420. The van der Waals surface area contributed by atoms with Crippen molar-refractivity contribution in [2.45, 2.75) is 85.0 Å². The Balaban J connectivity index is 1.53. The van der Waals surface area contributed by atoms with Gasteiger partial charge in [0.25, 0.3) is 0 Å². The number of pyridine rings is 1. The number of hydrogen-bond donors (Lipinski definition) is 0. The quantitative estimate of drug-likeness (QED) is 0.200. The molecule has 0 unspecified atom stereocenters. The van der Waals surface area contributed by atoms with Crippen LogP contribution in [0.2, 0.25) is 0 Å². The molecule has 6 rings (SSSR count). The summed E-state index contributed by atoms with van der Waals surface area (Å²) in [5.41, 5.74) is 1.44. The van der Waals surface area contributed by atoms with Crippen molar-refractivity contribution in [3.63, 3.8) is 0 Å². The normalized spacial score (nSPS) is 15.0. The molecule has 0 N–H and O–H groups in total. The van der Waals surface area contributed by atoms with E-state index >= 15 is 0 Å². The predicted octanol–water partition coefficient (Wildman–Crippen LogP) is 6.56. The van der Waals surface area contributed by atoms with Crippen molar-refractivity contribution < 1.29 is 28.2 Å². The van der Waals surface area contributed by atoms with Crippen molar-refractivity contribution >= 4 is 40.5 Å². The first-order chi connectivity index (χ1) is 22.1. The second kappa shape index (κ2) is 11.6. The van der Waals surface area contributed by atoms with E-state index in [0.29, 0.717) is 24.8 Å². The number of Topliss-reactive ketones (excluding diaryl/α,β-unsaturated/α-hetero) is 1. The van der Waals surface area contributed by atoms with Crippen LogP contribution in [0.1, 0.15) is 76.5 Å². The lowest BCUT2D eigenvalue weighted by Gasteiger charge is -2.35. The zero-order chi connectivity index (χ0) is 33.8. The predicted molar refractivity (Wildman–Crippen MR) is 172 cm³/mol. The topological polar surface area (TPSA) is 134 Å². The average Bonchev–Trinajstić information content (AvgIpc) is 3.55. The molecule has 1 aromatic carbocycles. The highest BCUT2D eigenvalue weighted by atomic mass is 19.1. The van der Waals surface area contributed by atoms with Gasteiger partial charge in [0.2, 0.25) is 5.95 Å². The largest absolute Gasteiger partial charge is 0.443 e. The smallest absolute Gasteiger partial charge is 0.419 e. The molecule has 0 fully saturated rings. The van der Waals surface area contributed by atoms with Gasteiger partial charge in [0, 0.05) is 28.9 Å². The molecule has 1 aliphatic rings.